The molecule has 4 aliphatic rings. The molecule has 11 rings (SSSR count). The smallest absolute Gasteiger partial charge is 0.339 e. The molecule has 1 fully saturated rings. The van der Waals surface area contributed by atoms with Crippen LogP contribution in [0.2, 0.25) is 0 Å². The van der Waals surface area contributed by atoms with Crippen LogP contribution in [-0.2, 0) is 16.2 Å². The molecule has 2 atom stereocenters. The van der Waals surface area contributed by atoms with Gasteiger partial charge in [-0.15, -0.1) is 11.3 Å². The van der Waals surface area contributed by atoms with Crippen molar-refractivity contribution in [2.75, 3.05) is 9.71 Å². The third kappa shape index (κ3) is 5.53. The highest BCUT2D eigenvalue weighted by Crippen LogP contribution is 2.64. The van der Waals surface area contributed by atoms with Crippen molar-refractivity contribution in [2.45, 2.75) is 123 Å². The summed E-state index contributed by atoms with van der Waals surface area (Å²) in [6, 6.07) is 47.4. The van der Waals surface area contributed by atoms with Crippen LogP contribution in [0.3, 0.4) is 0 Å². The lowest BCUT2D eigenvalue weighted by atomic mass is 9.45. The molecule has 1 aliphatic carbocycles. The summed E-state index contributed by atoms with van der Waals surface area (Å²) in [6.07, 6.45) is 4.96. The Morgan fingerprint density at radius 1 is 0.607 bits per heavy atom. The predicted molar refractivity (Wildman–Crippen MR) is 266 cm³/mol. The van der Waals surface area contributed by atoms with Gasteiger partial charge >= 0.3 is 6.85 Å². The van der Waals surface area contributed by atoms with Crippen LogP contribution in [0.5, 0.6) is 0 Å². The van der Waals surface area contributed by atoms with Gasteiger partial charge in [-0.3, -0.25) is 0 Å². The first-order valence-electron chi connectivity index (χ1n) is 22.9. The second-order valence-corrected chi connectivity index (χ2v) is 22.6. The number of fused-ring (bicyclic) bond motifs is 9. The first-order chi connectivity index (χ1) is 29.1. The van der Waals surface area contributed by atoms with Gasteiger partial charge in [0.05, 0.1) is 11.4 Å². The van der Waals surface area contributed by atoms with Crippen molar-refractivity contribution in [3.8, 4) is 33.4 Å². The van der Waals surface area contributed by atoms with E-state index in [0.717, 1.165) is 0 Å². The summed E-state index contributed by atoms with van der Waals surface area (Å²) >= 11 is 2.05. The molecule has 3 aliphatic heterocycles. The third-order valence-electron chi connectivity index (χ3n) is 15.5. The van der Waals surface area contributed by atoms with E-state index in [9.17, 15) is 0 Å². The highest BCUT2D eigenvalue weighted by atomic mass is 32.1. The van der Waals surface area contributed by atoms with Crippen LogP contribution in [0.15, 0.2) is 121 Å². The van der Waals surface area contributed by atoms with E-state index < -0.39 is 0 Å². The normalized spacial score (nSPS) is 20.2. The molecule has 0 radical (unpaired) electrons. The molecule has 0 spiro atoms. The zero-order valence-electron chi connectivity index (χ0n) is 37.8. The molecular formula is C57H59BN2S. The van der Waals surface area contributed by atoms with E-state index in [1.165, 1.54) is 119 Å². The van der Waals surface area contributed by atoms with Crippen molar-refractivity contribution < 1.29 is 0 Å². The average molecular weight is 815 g/mol. The van der Waals surface area contributed by atoms with Gasteiger partial charge in [0.2, 0.25) is 0 Å². The lowest BCUT2D eigenvalue weighted by molar-refractivity contribution is 0.199. The maximum atomic E-state index is 3.01. The van der Waals surface area contributed by atoms with Gasteiger partial charge in [-0.2, -0.15) is 0 Å². The molecule has 4 heterocycles. The molecule has 61 heavy (non-hydrogen) atoms. The zero-order valence-corrected chi connectivity index (χ0v) is 38.6. The molecule has 2 nitrogen and oxygen atoms in total. The van der Waals surface area contributed by atoms with Gasteiger partial charge in [0.25, 0.3) is 0 Å². The summed E-state index contributed by atoms with van der Waals surface area (Å²) < 4.78 is 2.85. The van der Waals surface area contributed by atoms with Gasteiger partial charge in [0.1, 0.15) is 0 Å². The number of benzene rings is 6. The molecule has 0 saturated heterocycles. The van der Waals surface area contributed by atoms with Gasteiger partial charge < -0.3 is 9.71 Å². The van der Waals surface area contributed by atoms with E-state index in [-0.39, 0.29) is 28.6 Å². The molecule has 0 bridgehead atoms. The Bertz CT molecular complexity index is 2910. The lowest BCUT2D eigenvalue weighted by Crippen LogP contribution is -2.70. The monoisotopic (exact) mass is 814 g/mol. The minimum Gasteiger partial charge on any atom is -0.399 e. The second kappa shape index (κ2) is 13.2. The summed E-state index contributed by atoms with van der Waals surface area (Å²) in [4.78, 5) is 5.74. The fourth-order valence-corrected chi connectivity index (χ4v) is 13.0. The molecular weight excluding hydrogens is 756 g/mol. The minimum absolute atomic E-state index is 0.00211. The van der Waals surface area contributed by atoms with Crippen LogP contribution in [0.1, 0.15) is 123 Å². The van der Waals surface area contributed by atoms with E-state index in [0.29, 0.717) is 5.92 Å². The van der Waals surface area contributed by atoms with Gasteiger partial charge in [-0.25, -0.2) is 0 Å². The van der Waals surface area contributed by atoms with Gasteiger partial charge in [0, 0.05) is 48.3 Å². The molecule has 0 amide bonds. The van der Waals surface area contributed by atoms with Crippen molar-refractivity contribution in [1.29, 1.82) is 0 Å². The highest BCUT2D eigenvalue weighted by molar-refractivity contribution is 7.32. The molecule has 6 aromatic carbocycles. The molecule has 306 valence electrons. The molecule has 0 N–H and O–H groups in total. The Labute approximate surface area is 368 Å². The minimum atomic E-state index is -0.0428. The number of anilines is 4. The van der Waals surface area contributed by atoms with Crippen LogP contribution in [-0.4, -0.2) is 12.4 Å². The van der Waals surface area contributed by atoms with Crippen LogP contribution in [0, 0.1) is 0 Å². The van der Waals surface area contributed by atoms with Crippen molar-refractivity contribution >= 4 is 61.3 Å². The van der Waals surface area contributed by atoms with Gasteiger partial charge in [-0.05, 0) is 129 Å². The number of nitrogens with zero attached hydrogens (tertiary/aromatic N) is 2. The van der Waals surface area contributed by atoms with Crippen LogP contribution in [0.25, 0.3) is 43.5 Å². The van der Waals surface area contributed by atoms with Crippen molar-refractivity contribution in [1.82, 2.24) is 0 Å². The number of thiophene rings is 1. The van der Waals surface area contributed by atoms with Gasteiger partial charge in [0.15, 0.2) is 0 Å². The van der Waals surface area contributed by atoms with Crippen LogP contribution < -0.4 is 20.0 Å². The standard InChI is InChI=1S/C57H59BN2S/c1-35(2)38-23-26-49-45(29-38)52-53(61-49)58-50-43(44-33-41(55(6,7)8)34-46-51(44)60(58)57(10)28-18-17-27-56(46,57)9)30-39(36-19-13-11-14-20-36)31-48(50)59(52)47-25-24-40(54(3,4)5)32-42(47)37-21-15-12-16-22-37/h11-16,19-26,29-35H,17-18,27-28H2,1-10H3. The Hall–Kier alpha value is -5.06. The maximum Gasteiger partial charge on any atom is 0.339 e. The Morgan fingerprint density at radius 3 is 1.97 bits per heavy atom. The fraction of sp³-hybridized carbons (Fsp3) is 0.333. The topological polar surface area (TPSA) is 6.48 Å². The Balaban J connectivity index is 1.33. The van der Waals surface area contributed by atoms with E-state index >= 15 is 0 Å². The Morgan fingerprint density at radius 2 is 1.28 bits per heavy atom. The second-order valence-electron chi connectivity index (χ2n) is 21.5. The molecule has 4 heteroatoms. The van der Waals surface area contributed by atoms with E-state index in [1.807, 2.05) is 11.3 Å². The number of hydrogen-bond donors (Lipinski definition) is 0. The average Bonchev–Trinajstić information content (AvgIpc) is 3.72. The highest BCUT2D eigenvalue weighted by Gasteiger charge is 2.63. The summed E-state index contributed by atoms with van der Waals surface area (Å²) in [5.74, 6) is 0.424. The first kappa shape index (κ1) is 38.8. The quantitative estimate of drug-likeness (QED) is 0.163. The fourth-order valence-electron chi connectivity index (χ4n) is 11.7. The molecule has 1 aromatic heterocycles. The van der Waals surface area contributed by atoms with Crippen LogP contribution >= 0.6 is 11.3 Å². The largest absolute Gasteiger partial charge is 0.399 e. The van der Waals surface area contributed by atoms with Crippen LogP contribution in [0.4, 0.5) is 22.7 Å². The Kier molecular flexibility index (Phi) is 8.42. The van der Waals surface area contributed by atoms with E-state index in [2.05, 4.69) is 200 Å². The third-order valence-corrected chi connectivity index (χ3v) is 16.7. The summed E-state index contributed by atoms with van der Waals surface area (Å²) in [6.45, 7) is 24.3. The number of hydrogen-bond acceptors (Lipinski definition) is 3. The summed E-state index contributed by atoms with van der Waals surface area (Å²) in [5, 5.41) is 1.37. The molecule has 7 aromatic rings. The zero-order chi connectivity index (χ0) is 42.4. The number of rotatable bonds is 4. The molecule has 2 unspecified atom stereocenters. The van der Waals surface area contributed by atoms with Crippen molar-refractivity contribution in [2.24, 2.45) is 0 Å². The predicted octanol–water partition coefficient (Wildman–Crippen LogP) is 14.9. The van der Waals surface area contributed by atoms with E-state index in [1.54, 1.807) is 5.56 Å². The van der Waals surface area contributed by atoms with Crippen molar-refractivity contribution in [3.05, 3.63) is 144 Å². The summed E-state index contributed by atoms with van der Waals surface area (Å²) in [7, 11) is 0. The first-order valence-corrected chi connectivity index (χ1v) is 23.7. The SMILES string of the molecule is CC(C)c1ccc2sc3c(c2c1)N(c1ccc(C(C)(C)C)cc1-c1ccccc1)c1cc(-c2ccccc2)cc2c1B3N1c3c-2cc(C(C)(C)C)cc3C2(C)CCCCC12C. The molecule has 1 saturated carbocycles. The van der Waals surface area contributed by atoms with E-state index in [4.69, 9.17) is 0 Å². The maximum absolute atomic E-state index is 3.01. The lowest BCUT2D eigenvalue weighted by Gasteiger charge is -2.54. The van der Waals surface area contributed by atoms with Gasteiger partial charge in [-0.1, -0.05) is 154 Å². The van der Waals surface area contributed by atoms with Crippen molar-refractivity contribution in [3.63, 3.8) is 0 Å². The summed E-state index contributed by atoms with van der Waals surface area (Å²) in [5.41, 5.74) is 20.5.